The molecule has 0 fully saturated rings. The highest BCUT2D eigenvalue weighted by molar-refractivity contribution is 6.07. The third-order valence-corrected chi connectivity index (χ3v) is 4.16. The van der Waals surface area contributed by atoms with Crippen molar-refractivity contribution in [3.63, 3.8) is 0 Å². The van der Waals surface area contributed by atoms with Crippen LogP contribution in [0.15, 0.2) is 30.3 Å². The van der Waals surface area contributed by atoms with Gasteiger partial charge in [-0.25, -0.2) is 0 Å². The van der Waals surface area contributed by atoms with Gasteiger partial charge in [-0.3, -0.25) is 9.78 Å². The summed E-state index contributed by atoms with van der Waals surface area (Å²) in [7, 11) is 0. The number of pyridine rings is 1. The predicted octanol–water partition coefficient (Wildman–Crippen LogP) is 5.33. The van der Waals surface area contributed by atoms with E-state index < -0.39 is 0 Å². The molecule has 0 aliphatic carbocycles. The smallest absolute Gasteiger partial charge is 0.163 e. The van der Waals surface area contributed by atoms with Crippen LogP contribution in [0.3, 0.4) is 0 Å². The number of Topliss-reactive ketones (excluding diaryl/α,β-unsaturated/α-hetero) is 1. The number of aryl methyl sites for hydroxylation is 1. The fourth-order valence-corrected chi connectivity index (χ4v) is 2.85. The molecule has 112 valence electrons. The van der Waals surface area contributed by atoms with Gasteiger partial charge in [-0.1, -0.05) is 57.7 Å². The fourth-order valence-electron chi connectivity index (χ4n) is 2.85. The van der Waals surface area contributed by atoms with Crippen molar-refractivity contribution in [3.05, 3.63) is 41.6 Å². The number of ketones is 1. The van der Waals surface area contributed by atoms with Crippen molar-refractivity contribution in [2.45, 2.75) is 52.9 Å². The lowest BCUT2D eigenvalue weighted by molar-refractivity contribution is 0.0958. The Kier molecular flexibility index (Phi) is 5.49. The molecule has 0 saturated carbocycles. The van der Waals surface area contributed by atoms with E-state index in [2.05, 4.69) is 18.8 Å². The van der Waals surface area contributed by atoms with Crippen molar-refractivity contribution in [1.82, 2.24) is 4.98 Å². The van der Waals surface area contributed by atoms with Gasteiger partial charge in [0, 0.05) is 23.1 Å². The number of hydrogen-bond donors (Lipinski definition) is 0. The number of aromatic nitrogens is 1. The first-order valence-electron chi connectivity index (χ1n) is 8.05. The van der Waals surface area contributed by atoms with E-state index in [0.717, 1.165) is 35.0 Å². The minimum atomic E-state index is 0.264. The van der Waals surface area contributed by atoms with E-state index in [-0.39, 0.29) is 5.78 Å². The summed E-state index contributed by atoms with van der Waals surface area (Å²) in [5, 5.41) is 0.985. The number of carbonyl (C=O) groups is 1. The molecule has 2 heteroatoms. The molecule has 0 spiro atoms. The second-order valence-electron chi connectivity index (χ2n) is 5.87. The third kappa shape index (κ3) is 3.90. The van der Waals surface area contributed by atoms with Crippen LogP contribution in [-0.4, -0.2) is 10.8 Å². The van der Waals surface area contributed by atoms with Gasteiger partial charge in [0.1, 0.15) is 0 Å². The van der Waals surface area contributed by atoms with Gasteiger partial charge in [-0.2, -0.15) is 0 Å². The molecule has 0 radical (unpaired) electrons. The number of carbonyl (C=O) groups excluding carboxylic acids is 1. The first-order valence-corrected chi connectivity index (χ1v) is 8.05. The van der Waals surface area contributed by atoms with Crippen LogP contribution in [0.2, 0.25) is 0 Å². The van der Waals surface area contributed by atoms with Crippen LogP contribution >= 0.6 is 0 Å². The molecule has 0 aliphatic rings. The molecule has 2 rings (SSSR count). The lowest BCUT2D eigenvalue weighted by Crippen LogP contribution is -2.09. The summed E-state index contributed by atoms with van der Waals surface area (Å²) in [6.07, 6.45) is 5.29. The summed E-state index contributed by atoms with van der Waals surface area (Å²) < 4.78 is 0. The largest absolute Gasteiger partial charge is 0.294 e. The van der Waals surface area contributed by atoms with Crippen molar-refractivity contribution >= 4 is 16.7 Å². The maximum absolute atomic E-state index is 12.7. The SMILES string of the molecule is CCCCC(CC)CC(=O)c1cc(C)nc2ccccc12. The van der Waals surface area contributed by atoms with E-state index in [9.17, 15) is 4.79 Å². The standard InChI is InChI=1S/C19H25NO/c1-4-6-9-15(5-2)13-19(21)17-12-14(3)20-18-11-8-7-10-16(17)18/h7-8,10-12,15H,4-6,9,13H2,1-3H3. The summed E-state index contributed by atoms with van der Waals surface area (Å²) in [4.78, 5) is 17.2. The Hall–Kier alpha value is -1.70. The average molecular weight is 283 g/mol. The molecule has 0 amide bonds. The average Bonchev–Trinajstić information content (AvgIpc) is 2.50. The van der Waals surface area contributed by atoms with Crippen LogP contribution in [0, 0.1) is 12.8 Å². The van der Waals surface area contributed by atoms with Crippen molar-refractivity contribution in [1.29, 1.82) is 0 Å². The quantitative estimate of drug-likeness (QED) is 0.643. The third-order valence-electron chi connectivity index (χ3n) is 4.16. The summed E-state index contributed by atoms with van der Waals surface area (Å²) >= 11 is 0. The minimum Gasteiger partial charge on any atom is -0.294 e. The molecule has 1 aromatic carbocycles. The van der Waals surface area contributed by atoms with Crippen LogP contribution in [-0.2, 0) is 0 Å². The van der Waals surface area contributed by atoms with Gasteiger partial charge in [0.05, 0.1) is 5.52 Å². The number of para-hydroxylation sites is 1. The molecule has 21 heavy (non-hydrogen) atoms. The zero-order chi connectivity index (χ0) is 15.2. The Labute approximate surface area is 127 Å². The zero-order valence-electron chi connectivity index (χ0n) is 13.4. The van der Waals surface area contributed by atoms with Crippen LogP contribution in [0.5, 0.6) is 0 Å². The summed E-state index contributed by atoms with van der Waals surface area (Å²) in [5.41, 5.74) is 2.68. The number of hydrogen-bond acceptors (Lipinski definition) is 2. The van der Waals surface area contributed by atoms with Crippen LogP contribution in [0.1, 0.15) is 62.0 Å². The van der Waals surface area contributed by atoms with Gasteiger partial charge >= 0.3 is 0 Å². The molecule has 1 heterocycles. The molecule has 0 aliphatic heterocycles. The molecule has 0 bridgehead atoms. The maximum Gasteiger partial charge on any atom is 0.163 e. The molecule has 2 aromatic rings. The maximum atomic E-state index is 12.7. The normalized spacial score (nSPS) is 12.5. The summed E-state index contributed by atoms with van der Waals surface area (Å²) in [5.74, 6) is 0.768. The number of unbranched alkanes of at least 4 members (excludes halogenated alkanes) is 1. The van der Waals surface area contributed by atoms with Crippen LogP contribution in [0.4, 0.5) is 0 Å². The summed E-state index contributed by atoms with van der Waals surface area (Å²) in [6, 6.07) is 9.87. The van der Waals surface area contributed by atoms with E-state index in [1.807, 2.05) is 37.3 Å². The van der Waals surface area contributed by atoms with Gasteiger partial charge in [0.2, 0.25) is 0 Å². The van der Waals surface area contributed by atoms with Gasteiger partial charge in [0.15, 0.2) is 5.78 Å². The molecular weight excluding hydrogens is 258 g/mol. The Morgan fingerprint density at radius 1 is 1.24 bits per heavy atom. The highest BCUT2D eigenvalue weighted by atomic mass is 16.1. The summed E-state index contributed by atoms with van der Waals surface area (Å²) in [6.45, 7) is 6.34. The second kappa shape index (κ2) is 7.35. The predicted molar refractivity (Wildman–Crippen MR) is 88.7 cm³/mol. The van der Waals surface area contributed by atoms with E-state index in [1.54, 1.807) is 0 Å². The Morgan fingerprint density at radius 2 is 2.00 bits per heavy atom. The zero-order valence-corrected chi connectivity index (χ0v) is 13.4. The highest BCUT2D eigenvalue weighted by Gasteiger charge is 2.16. The molecule has 2 nitrogen and oxygen atoms in total. The highest BCUT2D eigenvalue weighted by Crippen LogP contribution is 2.24. The molecule has 1 atom stereocenters. The van der Waals surface area contributed by atoms with Crippen molar-refractivity contribution < 1.29 is 4.79 Å². The van der Waals surface area contributed by atoms with Gasteiger partial charge in [-0.15, -0.1) is 0 Å². The molecular formula is C19H25NO. The number of nitrogens with zero attached hydrogens (tertiary/aromatic N) is 1. The van der Waals surface area contributed by atoms with Crippen LogP contribution in [0.25, 0.3) is 10.9 Å². The Morgan fingerprint density at radius 3 is 2.71 bits per heavy atom. The lowest BCUT2D eigenvalue weighted by Gasteiger charge is -2.14. The minimum absolute atomic E-state index is 0.264. The fraction of sp³-hybridized carbons (Fsp3) is 0.474. The van der Waals surface area contributed by atoms with Crippen molar-refractivity contribution in [3.8, 4) is 0 Å². The second-order valence-corrected chi connectivity index (χ2v) is 5.87. The number of benzene rings is 1. The first kappa shape index (κ1) is 15.7. The Bertz CT molecular complexity index is 618. The molecule has 0 saturated heterocycles. The van der Waals surface area contributed by atoms with E-state index in [4.69, 9.17) is 0 Å². The van der Waals surface area contributed by atoms with E-state index >= 15 is 0 Å². The van der Waals surface area contributed by atoms with Gasteiger partial charge in [-0.05, 0) is 25.0 Å². The number of fused-ring (bicyclic) bond motifs is 1. The monoisotopic (exact) mass is 283 g/mol. The van der Waals surface area contributed by atoms with E-state index in [1.165, 1.54) is 12.8 Å². The van der Waals surface area contributed by atoms with Crippen molar-refractivity contribution in [2.75, 3.05) is 0 Å². The lowest BCUT2D eigenvalue weighted by atomic mass is 9.90. The topological polar surface area (TPSA) is 30.0 Å². The molecule has 0 N–H and O–H groups in total. The van der Waals surface area contributed by atoms with Gasteiger partial charge in [0.25, 0.3) is 0 Å². The van der Waals surface area contributed by atoms with Crippen molar-refractivity contribution in [2.24, 2.45) is 5.92 Å². The van der Waals surface area contributed by atoms with Gasteiger partial charge < -0.3 is 0 Å². The first-order chi connectivity index (χ1) is 10.2. The van der Waals surface area contributed by atoms with Crippen LogP contribution < -0.4 is 0 Å². The van der Waals surface area contributed by atoms with E-state index in [0.29, 0.717) is 12.3 Å². The Balaban J connectivity index is 2.26. The number of rotatable bonds is 7. The molecule has 1 unspecified atom stereocenters. The molecule has 1 aromatic heterocycles.